The molecule has 0 spiro atoms. The zero-order valence-corrected chi connectivity index (χ0v) is 12.4. The Bertz CT molecular complexity index is 389. The van der Waals surface area contributed by atoms with Crippen molar-refractivity contribution >= 4 is 27.3 Å². The predicted molar refractivity (Wildman–Crippen MR) is 76.3 cm³/mol. The Morgan fingerprint density at radius 3 is 3.00 bits per heavy atom. The molecule has 0 amide bonds. The van der Waals surface area contributed by atoms with Crippen LogP contribution in [0.25, 0.3) is 0 Å². The summed E-state index contributed by atoms with van der Waals surface area (Å²) in [5.74, 6) is 0. The van der Waals surface area contributed by atoms with E-state index in [4.69, 9.17) is 4.74 Å². The van der Waals surface area contributed by atoms with E-state index < -0.39 is 0 Å². The van der Waals surface area contributed by atoms with Crippen LogP contribution < -0.4 is 5.32 Å². The first-order valence-electron chi connectivity index (χ1n) is 6.10. The molecule has 0 radical (unpaired) electrons. The second-order valence-corrected chi connectivity index (χ2v) is 6.69. The third kappa shape index (κ3) is 3.57. The topological polar surface area (TPSA) is 21.3 Å². The van der Waals surface area contributed by atoms with Gasteiger partial charge in [0, 0.05) is 4.88 Å². The first-order valence-corrected chi connectivity index (χ1v) is 7.71. The smallest absolute Gasteiger partial charge is 0.0876 e. The highest BCUT2D eigenvalue weighted by atomic mass is 79.9. The molecule has 1 aromatic heterocycles. The molecule has 1 aromatic rings. The lowest BCUT2D eigenvalue weighted by atomic mass is 10.0. The Balaban J connectivity index is 2.15. The molecular weight excluding hydrogens is 298 g/mol. The van der Waals surface area contributed by atoms with Crippen molar-refractivity contribution in [1.82, 2.24) is 5.32 Å². The minimum Gasteiger partial charge on any atom is -0.501 e. The molecule has 17 heavy (non-hydrogen) atoms. The van der Waals surface area contributed by atoms with Crippen LogP contribution in [0.4, 0.5) is 0 Å². The van der Waals surface area contributed by atoms with Crippen molar-refractivity contribution in [2.45, 2.75) is 32.2 Å². The van der Waals surface area contributed by atoms with E-state index >= 15 is 0 Å². The molecule has 0 saturated heterocycles. The van der Waals surface area contributed by atoms with Crippen LogP contribution in [0.15, 0.2) is 27.8 Å². The number of rotatable bonds is 5. The normalized spacial score (nSPS) is 17.4. The van der Waals surface area contributed by atoms with Gasteiger partial charge in [-0.2, -0.15) is 0 Å². The van der Waals surface area contributed by atoms with Gasteiger partial charge in [0.1, 0.15) is 0 Å². The van der Waals surface area contributed by atoms with Crippen molar-refractivity contribution in [3.05, 3.63) is 32.6 Å². The molecule has 0 aromatic carbocycles. The van der Waals surface area contributed by atoms with E-state index in [0.717, 1.165) is 32.4 Å². The minimum absolute atomic E-state index is 0.326. The summed E-state index contributed by atoms with van der Waals surface area (Å²) in [7, 11) is 0. The van der Waals surface area contributed by atoms with Gasteiger partial charge in [0.05, 0.1) is 22.7 Å². The molecule has 1 atom stereocenters. The van der Waals surface area contributed by atoms with Crippen molar-refractivity contribution in [3.8, 4) is 0 Å². The van der Waals surface area contributed by atoms with Gasteiger partial charge in [-0.05, 0) is 59.4 Å². The van der Waals surface area contributed by atoms with Crippen molar-refractivity contribution in [2.24, 2.45) is 0 Å². The number of nitrogens with one attached hydrogen (secondary N) is 1. The van der Waals surface area contributed by atoms with Crippen molar-refractivity contribution < 1.29 is 4.74 Å². The molecule has 2 heterocycles. The zero-order chi connectivity index (χ0) is 12.1. The number of ether oxygens (including phenoxy) is 1. The van der Waals surface area contributed by atoms with Gasteiger partial charge in [-0.15, -0.1) is 11.3 Å². The molecule has 1 unspecified atom stereocenters. The van der Waals surface area contributed by atoms with Gasteiger partial charge in [-0.1, -0.05) is 6.92 Å². The Morgan fingerprint density at radius 2 is 2.41 bits per heavy atom. The van der Waals surface area contributed by atoms with Gasteiger partial charge in [0.2, 0.25) is 0 Å². The number of hydrogen-bond donors (Lipinski definition) is 1. The zero-order valence-electron chi connectivity index (χ0n) is 10.0. The maximum Gasteiger partial charge on any atom is 0.0876 e. The molecular formula is C13H18BrNOS. The summed E-state index contributed by atoms with van der Waals surface area (Å²) in [6.45, 7) is 4.09. The maximum absolute atomic E-state index is 5.46. The van der Waals surface area contributed by atoms with Gasteiger partial charge in [0.15, 0.2) is 0 Å². The quantitative estimate of drug-likeness (QED) is 0.877. The van der Waals surface area contributed by atoms with Crippen LogP contribution in [-0.2, 0) is 4.74 Å². The summed E-state index contributed by atoms with van der Waals surface area (Å²) >= 11 is 5.33. The molecule has 1 N–H and O–H groups in total. The number of thiophene rings is 1. The highest BCUT2D eigenvalue weighted by Gasteiger charge is 2.19. The molecule has 0 saturated carbocycles. The minimum atomic E-state index is 0.326. The fourth-order valence-corrected chi connectivity index (χ4v) is 3.53. The highest BCUT2D eigenvalue weighted by molar-refractivity contribution is 9.11. The molecule has 1 aliphatic heterocycles. The van der Waals surface area contributed by atoms with Gasteiger partial charge in [-0.25, -0.2) is 0 Å². The molecule has 0 fully saturated rings. The predicted octanol–water partition coefficient (Wildman–Crippen LogP) is 4.25. The fourth-order valence-electron chi connectivity index (χ4n) is 1.98. The summed E-state index contributed by atoms with van der Waals surface area (Å²) in [5, 5.41) is 3.61. The van der Waals surface area contributed by atoms with E-state index in [0.29, 0.717) is 6.04 Å². The van der Waals surface area contributed by atoms with E-state index in [9.17, 15) is 0 Å². The van der Waals surface area contributed by atoms with E-state index in [-0.39, 0.29) is 0 Å². The van der Waals surface area contributed by atoms with Crippen LogP contribution in [0, 0.1) is 0 Å². The summed E-state index contributed by atoms with van der Waals surface area (Å²) in [4.78, 5) is 1.36. The molecule has 4 heteroatoms. The lowest BCUT2D eigenvalue weighted by Gasteiger charge is -2.23. The Labute approximate surface area is 115 Å². The Morgan fingerprint density at radius 1 is 1.53 bits per heavy atom. The van der Waals surface area contributed by atoms with Crippen LogP contribution in [0.2, 0.25) is 0 Å². The summed E-state index contributed by atoms with van der Waals surface area (Å²) < 4.78 is 6.65. The SMILES string of the molecule is CCCNC(C1=COCCC1)c1ccc(Br)s1. The van der Waals surface area contributed by atoms with Gasteiger partial charge < -0.3 is 10.1 Å². The number of halogens is 1. The molecule has 0 bridgehead atoms. The van der Waals surface area contributed by atoms with Crippen LogP contribution in [0.1, 0.15) is 37.1 Å². The van der Waals surface area contributed by atoms with Crippen molar-refractivity contribution in [2.75, 3.05) is 13.2 Å². The molecule has 1 aliphatic rings. The van der Waals surface area contributed by atoms with Gasteiger partial charge in [-0.3, -0.25) is 0 Å². The van der Waals surface area contributed by atoms with Gasteiger partial charge in [0.25, 0.3) is 0 Å². The largest absolute Gasteiger partial charge is 0.501 e. The van der Waals surface area contributed by atoms with Crippen LogP contribution in [0.3, 0.4) is 0 Å². The third-order valence-electron chi connectivity index (χ3n) is 2.81. The lowest BCUT2D eigenvalue weighted by molar-refractivity contribution is 0.219. The van der Waals surface area contributed by atoms with Crippen molar-refractivity contribution in [3.63, 3.8) is 0 Å². The average molecular weight is 316 g/mol. The second-order valence-electron chi connectivity index (χ2n) is 4.20. The molecule has 94 valence electrons. The Kier molecular flexibility index (Phi) is 5.07. The third-order valence-corrected chi connectivity index (χ3v) is 4.50. The molecule has 2 nitrogen and oxygen atoms in total. The number of hydrogen-bond acceptors (Lipinski definition) is 3. The molecule has 0 aliphatic carbocycles. The van der Waals surface area contributed by atoms with Crippen LogP contribution in [-0.4, -0.2) is 13.2 Å². The summed E-state index contributed by atoms with van der Waals surface area (Å²) in [6.07, 6.45) is 5.36. The van der Waals surface area contributed by atoms with E-state index in [1.807, 2.05) is 6.26 Å². The molecule has 2 rings (SSSR count). The first-order chi connectivity index (χ1) is 8.31. The monoisotopic (exact) mass is 315 g/mol. The standard InChI is InChI=1S/C13H18BrNOS/c1-2-7-15-13(10-4-3-8-16-9-10)11-5-6-12(14)17-11/h5-6,9,13,15H,2-4,7-8H2,1H3. The van der Waals surface area contributed by atoms with E-state index in [1.54, 1.807) is 11.3 Å². The summed E-state index contributed by atoms with van der Waals surface area (Å²) in [6, 6.07) is 4.63. The van der Waals surface area contributed by atoms with E-state index in [1.165, 1.54) is 14.2 Å². The van der Waals surface area contributed by atoms with Crippen LogP contribution >= 0.6 is 27.3 Å². The Hall–Kier alpha value is -0.320. The average Bonchev–Trinajstić information content (AvgIpc) is 2.78. The highest BCUT2D eigenvalue weighted by Crippen LogP contribution is 2.34. The fraction of sp³-hybridized carbons (Fsp3) is 0.538. The summed E-state index contributed by atoms with van der Waals surface area (Å²) in [5.41, 5.74) is 1.37. The van der Waals surface area contributed by atoms with E-state index in [2.05, 4.69) is 40.3 Å². The second kappa shape index (κ2) is 6.57. The van der Waals surface area contributed by atoms with Gasteiger partial charge >= 0.3 is 0 Å². The maximum atomic E-state index is 5.46. The lowest BCUT2D eigenvalue weighted by Crippen LogP contribution is -2.24. The van der Waals surface area contributed by atoms with Crippen molar-refractivity contribution in [1.29, 1.82) is 0 Å². The van der Waals surface area contributed by atoms with Crippen LogP contribution in [0.5, 0.6) is 0 Å². The first kappa shape index (κ1) is 13.1.